The van der Waals surface area contributed by atoms with E-state index in [1.165, 1.54) is 7.11 Å². The van der Waals surface area contributed by atoms with Gasteiger partial charge in [0.1, 0.15) is 11.3 Å². The first-order chi connectivity index (χ1) is 14.6. The number of rotatable bonds is 3. The maximum atomic E-state index is 12.8. The van der Waals surface area contributed by atoms with Crippen LogP contribution >= 0.6 is 0 Å². The van der Waals surface area contributed by atoms with E-state index in [0.29, 0.717) is 11.4 Å². The third-order valence-corrected chi connectivity index (χ3v) is 5.70. The lowest BCUT2D eigenvalue weighted by Gasteiger charge is -2.22. The Labute approximate surface area is 170 Å². The number of aromatic hydroxyl groups is 1. The summed E-state index contributed by atoms with van der Waals surface area (Å²) in [5, 5.41) is 14.2. The highest BCUT2D eigenvalue weighted by Crippen LogP contribution is 2.32. The van der Waals surface area contributed by atoms with Gasteiger partial charge in [0.15, 0.2) is 6.04 Å². The summed E-state index contributed by atoms with van der Waals surface area (Å²) in [7, 11) is 1.52. The van der Waals surface area contributed by atoms with E-state index in [9.17, 15) is 14.7 Å². The first-order valence-corrected chi connectivity index (χ1v) is 9.74. The fraction of sp³-hybridized carbons (Fsp3) is 0.182. The van der Waals surface area contributed by atoms with Crippen LogP contribution in [0.3, 0.4) is 0 Å². The predicted molar refractivity (Wildman–Crippen MR) is 112 cm³/mol. The Balaban J connectivity index is 1.73. The molecule has 152 valence electrons. The molecule has 0 radical (unpaired) electrons. The van der Waals surface area contributed by atoms with E-state index in [1.807, 2.05) is 29.6 Å². The van der Waals surface area contributed by atoms with Crippen molar-refractivity contribution in [3.8, 4) is 17.3 Å². The maximum Gasteiger partial charge on any atom is 0.335 e. The van der Waals surface area contributed by atoms with Crippen LogP contribution in [0.4, 0.5) is 0 Å². The van der Waals surface area contributed by atoms with E-state index in [-0.39, 0.29) is 11.4 Å². The van der Waals surface area contributed by atoms with Gasteiger partial charge in [0, 0.05) is 23.4 Å². The van der Waals surface area contributed by atoms with Gasteiger partial charge >= 0.3 is 5.69 Å². The summed E-state index contributed by atoms with van der Waals surface area (Å²) in [4.78, 5) is 31.1. The fourth-order valence-electron chi connectivity index (χ4n) is 4.34. The number of para-hydroxylation sites is 1. The molecule has 0 bridgehead atoms. The molecule has 0 saturated carbocycles. The van der Waals surface area contributed by atoms with Crippen molar-refractivity contribution in [2.24, 2.45) is 0 Å². The zero-order valence-corrected chi connectivity index (χ0v) is 16.3. The summed E-state index contributed by atoms with van der Waals surface area (Å²) in [5.74, 6) is 0.165. The first kappa shape index (κ1) is 18.3. The zero-order valence-electron chi connectivity index (χ0n) is 16.3. The normalized spacial score (nSPS) is 15.8. The molecule has 0 spiro atoms. The van der Waals surface area contributed by atoms with Gasteiger partial charge in [0.2, 0.25) is 5.88 Å². The lowest BCUT2D eigenvalue weighted by atomic mass is 9.95. The van der Waals surface area contributed by atoms with E-state index >= 15 is 0 Å². The molecule has 1 atom stereocenters. The molecule has 1 aliphatic rings. The Kier molecular flexibility index (Phi) is 4.22. The summed E-state index contributed by atoms with van der Waals surface area (Å²) in [5.41, 5.74) is 2.24. The van der Waals surface area contributed by atoms with Gasteiger partial charge < -0.3 is 20.1 Å². The average molecular weight is 405 g/mol. The Morgan fingerprint density at radius 2 is 1.97 bits per heavy atom. The van der Waals surface area contributed by atoms with Gasteiger partial charge in [-0.3, -0.25) is 9.78 Å². The lowest BCUT2D eigenvalue weighted by Crippen LogP contribution is -2.87. The van der Waals surface area contributed by atoms with Gasteiger partial charge in [-0.05, 0) is 23.8 Å². The van der Waals surface area contributed by atoms with Crippen molar-refractivity contribution >= 4 is 10.9 Å². The maximum absolute atomic E-state index is 12.8. The van der Waals surface area contributed by atoms with Crippen molar-refractivity contribution in [1.29, 1.82) is 0 Å². The molecular weight excluding hydrogens is 384 g/mol. The SMILES string of the molecule is COc1cccc(-n2c(O)c([C@H]3[NH2+]CCc4c3[nH]c3ccccc43)c(=O)[nH]c2=O)c1. The van der Waals surface area contributed by atoms with Crippen LogP contribution < -0.4 is 21.3 Å². The number of aromatic nitrogens is 3. The van der Waals surface area contributed by atoms with Gasteiger partial charge in [-0.2, -0.15) is 0 Å². The summed E-state index contributed by atoms with van der Waals surface area (Å²) in [6.07, 6.45) is 0.851. The molecule has 8 nitrogen and oxygen atoms in total. The highest BCUT2D eigenvalue weighted by Gasteiger charge is 2.34. The molecule has 0 fully saturated rings. The first-order valence-electron chi connectivity index (χ1n) is 9.74. The van der Waals surface area contributed by atoms with Crippen LogP contribution in [-0.4, -0.2) is 33.3 Å². The molecule has 30 heavy (non-hydrogen) atoms. The molecule has 2 aromatic heterocycles. The van der Waals surface area contributed by atoms with Crippen molar-refractivity contribution in [2.45, 2.75) is 12.5 Å². The van der Waals surface area contributed by atoms with Crippen LogP contribution in [0.15, 0.2) is 58.1 Å². The lowest BCUT2D eigenvalue weighted by molar-refractivity contribution is -0.690. The number of hydrogen-bond donors (Lipinski definition) is 4. The van der Waals surface area contributed by atoms with E-state index in [2.05, 4.69) is 9.97 Å². The molecule has 5 N–H and O–H groups in total. The Hall–Kier alpha value is -3.78. The number of quaternary nitrogens is 1. The molecule has 0 aliphatic carbocycles. The summed E-state index contributed by atoms with van der Waals surface area (Å²) < 4.78 is 6.33. The van der Waals surface area contributed by atoms with E-state index < -0.39 is 17.3 Å². The minimum atomic E-state index is -0.706. The van der Waals surface area contributed by atoms with Crippen LogP contribution in [0.25, 0.3) is 16.6 Å². The van der Waals surface area contributed by atoms with Gasteiger partial charge in [0.05, 0.1) is 25.0 Å². The summed E-state index contributed by atoms with van der Waals surface area (Å²) in [6, 6.07) is 14.3. The topological polar surface area (TPSA) is 117 Å². The molecule has 0 saturated heterocycles. The Morgan fingerprint density at radius 3 is 2.80 bits per heavy atom. The Morgan fingerprint density at radius 1 is 1.13 bits per heavy atom. The number of nitrogens with two attached hydrogens (primary N) is 1. The molecule has 8 heteroatoms. The number of ether oxygens (including phenoxy) is 1. The molecule has 2 aromatic carbocycles. The smallest absolute Gasteiger partial charge is 0.335 e. The Bertz CT molecular complexity index is 1380. The minimum Gasteiger partial charge on any atom is -0.497 e. The van der Waals surface area contributed by atoms with E-state index in [0.717, 1.165) is 39.7 Å². The number of H-pyrrole nitrogens is 2. The van der Waals surface area contributed by atoms with Crippen LogP contribution in [0, 0.1) is 0 Å². The van der Waals surface area contributed by atoms with Gasteiger partial charge in [-0.15, -0.1) is 0 Å². The second kappa shape index (κ2) is 6.93. The molecular formula is C22H21N4O4+. The average Bonchev–Trinajstić information content (AvgIpc) is 3.13. The second-order valence-electron chi connectivity index (χ2n) is 7.35. The van der Waals surface area contributed by atoms with Crippen molar-refractivity contribution in [1.82, 2.24) is 14.5 Å². The van der Waals surface area contributed by atoms with Crippen LogP contribution in [-0.2, 0) is 6.42 Å². The molecule has 0 amide bonds. The molecule has 4 aromatic rings. The summed E-state index contributed by atoms with van der Waals surface area (Å²) in [6.45, 7) is 0.761. The monoisotopic (exact) mass is 405 g/mol. The standard InChI is InChI=1S/C22H20N4O4/c1-30-13-6-4-5-12(11-13)26-21(28)17(20(27)25-22(26)29)19-18-15(9-10-23-19)14-7-2-3-8-16(14)24-18/h2-8,11,19,23-24,28H,9-10H2,1H3,(H,25,27,29)/p+1/t19-/m1/s1. The largest absolute Gasteiger partial charge is 0.497 e. The number of benzene rings is 2. The third kappa shape index (κ3) is 2.73. The highest BCUT2D eigenvalue weighted by molar-refractivity contribution is 5.85. The van der Waals surface area contributed by atoms with Crippen molar-refractivity contribution in [3.63, 3.8) is 0 Å². The number of methoxy groups -OCH3 is 1. The predicted octanol–water partition coefficient (Wildman–Crippen LogP) is 0.930. The van der Waals surface area contributed by atoms with E-state index in [4.69, 9.17) is 4.74 Å². The molecule has 5 rings (SSSR count). The minimum absolute atomic E-state index is 0.143. The van der Waals surface area contributed by atoms with Crippen LogP contribution in [0.1, 0.15) is 22.9 Å². The molecule has 1 aliphatic heterocycles. The van der Waals surface area contributed by atoms with Crippen LogP contribution in [0.2, 0.25) is 0 Å². The van der Waals surface area contributed by atoms with Gasteiger partial charge in [-0.25, -0.2) is 9.36 Å². The van der Waals surface area contributed by atoms with Gasteiger partial charge in [0.25, 0.3) is 5.56 Å². The fourth-order valence-corrected chi connectivity index (χ4v) is 4.34. The third-order valence-electron chi connectivity index (χ3n) is 5.70. The highest BCUT2D eigenvalue weighted by atomic mass is 16.5. The number of hydrogen-bond acceptors (Lipinski definition) is 4. The number of aromatic amines is 2. The van der Waals surface area contributed by atoms with Crippen LogP contribution in [0.5, 0.6) is 11.6 Å². The molecule has 3 heterocycles. The van der Waals surface area contributed by atoms with Gasteiger partial charge in [-0.1, -0.05) is 24.3 Å². The second-order valence-corrected chi connectivity index (χ2v) is 7.35. The zero-order chi connectivity index (χ0) is 20.8. The van der Waals surface area contributed by atoms with Crippen molar-refractivity contribution in [2.75, 3.05) is 13.7 Å². The van der Waals surface area contributed by atoms with Crippen molar-refractivity contribution in [3.05, 3.63) is 86.2 Å². The molecule has 0 unspecified atom stereocenters. The number of fused-ring (bicyclic) bond motifs is 3. The number of nitrogens with zero attached hydrogens (tertiary/aromatic N) is 1. The summed E-state index contributed by atoms with van der Waals surface area (Å²) >= 11 is 0. The van der Waals surface area contributed by atoms with Crippen molar-refractivity contribution < 1.29 is 15.2 Å². The number of nitrogens with one attached hydrogen (secondary N) is 2. The van der Waals surface area contributed by atoms with E-state index in [1.54, 1.807) is 24.3 Å². The quantitative estimate of drug-likeness (QED) is 0.406.